The van der Waals surface area contributed by atoms with E-state index in [1.807, 2.05) is 30.3 Å². The number of nitrogens with zero attached hydrogens (tertiary/aromatic N) is 1. The zero-order valence-electron chi connectivity index (χ0n) is 12.0. The van der Waals surface area contributed by atoms with Gasteiger partial charge in [-0.15, -0.1) is 0 Å². The van der Waals surface area contributed by atoms with Gasteiger partial charge in [-0.25, -0.2) is 0 Å². The van der Waals surface area contributed by atoms with E-state index in [1.54, 1.807) is 6.07 Å². The Morgan fingerprint density at radius 1 is 1.14 bits per heavy atom. The van der Waals surface area contributed by atoms with Gasteiger partial charge in [0.1, 0.15) is 19.3 Å². The van der Waals surface area contributed by atoms with Gasteiger partial charge < -0.3 is 14.2 Å². The van der Waals surface area contributed by atoms with E-state index in [1.165, 1.54) is 13.2 Å². The molecular formula is C16H15NO5. The molecule has 0 amide bonds. The average molecular weight is 301 g/mol. The molecule has 2 aromatic rings. The van der Waals surface area contributed by atoms with Crippen LogP contribution in [0.25, 0.3) is 0 Å². The van der Waals surface area contributed by atoms with Crippen molar-refractivity contribution >= 4 is 5.69 Å². The van der Waals surface area contributed by atoms with Crippen LogP contribution in [0.3, 0.4) is 0 Å². The van der Waals surface area contributed by atoms with Crippen molar-refractivity contribution in [2.75, 3.05) is 20.3 Å². The summed E-state index contributed by atoms with van der Waals surface area (Å²) >= 11 is 0. The predicted molar refractivity (Wildman–Crippen MR) is 79.4 cm³/mol. The molecule has 2 aromatic carbocycles. The lowest BCUT2D eigenvalue weighted by Gasteiger charge is -2.22. The van der Waals surface area contributed by atoms with Gasteiger partial charge in [-0.3, -0.25) is 10.1 Å². The average Bonchev–Trinajstić information content (AvgIpc) is 2.56. The largest absolute Gasteiger partial charge is 0.486 e. The van der Waals surface area contributed by atoms with Crippen LogP contribution >= 0.6 is 0 Å². The summed E-state index contributed by atoms with van der Waals surface area (Å²) in [5.41, 5.74) is 1.24. The van der Waals surface area contributed by atoms with Crippen LogP contribution in [-0.4, -0.2) is 25.2 Å². The SMILES string of the molecule is COC(c1ccccc1)c1cc2c(cc1[N+](=O)[O-])OCCO2. The van der Waals surface area contributed by atoms with Crippen molar-refractivity contribution in [3.63, 3.8) is 0 Å². The number of hydrogen-bond donors (Lipinski definition) is 0. The lowest BCUT2D eigenvalue weighted by molar-refractivity contribution is -0.386. The molecule has 0 aromatic heterocycles. The molecule has 0 N–H and O–H groups in total. The summed E-state index contributed by atoms with van der Waals surface area (Å²) in [6, 6.07) is 12.4. The highest BCUT2D eigenvalue weighted by Crippen LogP contribution is 2.41. The Morgan fingerprint density at radius 3 is 2.36 bits per heavy atom. The van der Waals surface area contributed by atoms with Crippen molar-refractivity contribution in [1.29, 1.82) is 0 Å². The summed E-state index contributed by atoms with van der Waals surface area (Å²) in [6.45, 7) is 0.809. The monoisotopic (exact) mass is 301 g/mol. The first kappa shape index (κ1) is 14.3. The summed E-state index contributed by atoms with van der Waals surface area (Å²) in [4.78, 5) is 11.0. The highest BCUT2D eigenvalue weighted by molar-refractivity contribution is 5.57. The first-order chi connectivity index (χ1) is 10.7. The third-order valence-corrected chi connectivity index (χ3v) is 3.51. The highest BCUT2D eigenvalue weighted by Gasteiger charge is 2.28. The fraction of sp³-hybridized carbons (Fsp3) is 0.250. The van der Waals surface area contributed by atoms with Crippen molar-refractivity contribution in [3.05, 3.63) is 63.7 Å². The third kappa shape index (κ3) is 2.60. The first-order valence-electron chi connectivity index (χ1n) is 6.86. The quantitative estimate of drug-likeness (QED) is 0.641. The van der Waals surface area contributed by atoms with Crippen molar-refractivity contribution in [1.82, 2.24) is 0 Å². The zero-order valence-corrected chi connectivity index (χ0v) is 12.0. The van der Waals surface area contributed by atoms with Gasteiger partial charge in [0.25, 0.3) is 5.69 Å². The number of nitro groups is 1. The van der Waals surface area contributed by atoms with E-state index >= 15 is 0 Å². The molecule has 0 saturated heterocycles. The second-order valence-corrected chi connectivity index (χ2v) is 4.84. The minimum absolute atomic E-state index is 0.0417. The Labute approximate surface area is 127 Å². The summed E-state index contributed by atoms with van der Waals surface area (Å²) in [5.74, 6) is 0.898. The lowest BCUT2D eigenvalue weighted by Crippen LogP contribution is -2.17. The van der Waals surface area contributed by atoms with E-state index in [9.17, 15) is 10.1 Å². The zero-order chi connectivity index (χ0) is 15.5. The molecular weight excluding hydrogens is 286 g/mol. The van der Waals surface area contributed by atoms with Crippen molar-refractivity contribution < 1.29 is 19.1 Å². The minimum atomic E-state index is -0.544. The van der Waals surface area contributed by atoms with Crippen molar-refractivity contribution in [2.24, 2.45) is 0 Å². The Bertz CT molecular complexity index is 686. The van der Waals surface area contributed by atoms with E-state index in [0.29, 0.717) is 30.3 Å². The molecule has 0 fully saturated rings. The fourth-order valence-corrected chi connectivity index (χ4v) is 2.53. The Balaban J connectivity index is 2.13. The summed E-state index contributed by atoms with van der Waals surface area (Å²) < 4.78 is 16.4. The van der Waals surface area contributed by atoms with Crippen molar-refractivity contribution in [3.8, 4) is 11.5 Å². The van der Waals surface area contributed by atoms with Crippen LogP contribution in [0, 0.1) is 10.1 Å². The lowest BCUT2D eigenvalue weighted by atomic mass is 9.99. The summed E-state index contributed by atoms with van der Waals surface area (Å²) in [5, 5.41) is 11.4. The fourth-order valence-electron chi connectivity index (χ4n) is 2.53. The molecule has 6 nitrogen and oxygen atoms in total. The predicted octanol–water partition coefficient (Wildman–Crippen LogP) is 3.10. The van der Waals surface area contributed by atoms with Gasteiger partial charge in [-0.2, -0.15) is 0 Å². The second-order valence-electron chi connectivity index (χ2n) is 4.84. The topological polar surface area (TPSA) is 70.8 Å². The van der Waals surface area contributed by atoms with E-state index in [4.69, 9.17) is 14.2 Å². The minimum Gasteiger partial charge on any atom is -0.486 e. The van der Waals surface area contributed by atoms with Crippen LogP contribution in [0.4, 0.5) is 5.69 Å². The Hall–Kier alpha value is -2.60. The molecule has 1 heterocycles. The Kier molecular flexibility index (Phi) is 3.93. The molecule has 1 aliphatic rings. The molecule has 0 saturated carbocycles. The number of methoxy groups -OCH3 is 1. The third-order valence-electron chi connectivity index (χ3n) is 3.51. The molecule has 114 valence electrons. The molecule has 1 aliphatic heterocycles. The molecule has 1 atom stereocenters. The number of ether oxygens (including phenoxy) is 3. The van der Waals surface area contributed by atoms with Gasteiger partial charge >= 0.3 is 0 Å². The second kappa shape index (κ2) is 6.03. The highest BCUT2D eigenvalue weighted by atomic mass is 16.6. The summed E-state index contributed by atoms with van der Waals surface area (Å²) in [7, 11) is 1.53. The normalized spacial score (nSPS) is 14.4. The number of hydrogen-bond acceptors (Lipinski definition) is 5. The van der Waals surface area contributed by atoms with Gasteiger partial charge in [0, 0.05) is 7.11 Å². The van der Waals surface area contributed by atoms with Crippen LogP contribution in [-0.2, 0) is 4.74 Å². The van der Waals surface area contributed by atoms with Gasteiger partial charge in [0.2, 0.25) is 0 Å². The number of nitro benzene ring substituents is 1. The van der Waals surface area contributed by atoms with Crippen LogP contribution in [0.2, 0.25) is 0 Å². The molecule has 1 unspecified atom stereocenters. The van der Waals surface area contributed by atoms with Crippen molar-refractivity contribution in [2.45, 2.75) is 6.10 Å². The van der Waals surface area contributed by atoms with E-state index in [0.717, 1.165) is 5.56 Å². The smallest absolute Gasteiger partial charge is 0.279 e. The number of fused-ring (bicyclic) bond motifs is 1. The molecule has 3 rings (SSSR count). The van der Waals surface area contributed by atoms with Gasteiger partial charge in [0.15, 0.2) is 11.5 Å². The van der Waals surface area contributed by atoms with Gasteiger partial charge in [0.05, 0.1) is 16.6 Å². The maximum absolute atomic E-state index is 11.4. The van der Waals surface area contributed by atoms with E-state index < -0.39 is 11.0 Å². The number of benzene rings is 2. The van der Waals surface area contributed by atoms with Crippen LogP contribution < -0.4 is 9.47 Å². The number of rotatable bonds is 4. The standard InChI is InChI=1S/C16H15NO5/c1-20-16(11-5-3-2-4-6-11)12-9-14-15(22-8-7-21-14)10-13(12)17(18)19/h2-6,9-10,16H,7-8H2,1H3. The summed E-state index contributed by atoms with van der Waals surface area (Å²) in [6.07, 6.45) is -0.544. The molecule has 0 bridgehead atoms. The first-order valence-corrected chi connectivity index (χ1v) is 6.86. The molecule has 6 heteroatoms. The van der Waals surface area contributed by atoms with Gasteiger partial charge in [-0.05, 0) is 11.6 Å². The molecule has 22 heavy (non-hydrogen) atoms. The Morgan fingerprint density at radius 2 is 1.77 bits per heavy atom. The van der Waals surface area contributed by atoms with Crippen LogP contribution in [0.15, 0.2) is 42.5 Å². The molecule has 0 aliphatic carbocycles. The van der Waals surface area contributed by atoms with E-state index in [-0.39, 0.29) is 5.69 Å². The molecule has 0 spiro atoms. The van der Waals surface area contributed by atoms with Gasteiger partial charge in [-0.1, -0.05) is 30.3 Å². The van der Waals surface area contributed by atoms with E-state index in [2.05, 4.69) is 0 Å². The molecule has 0 radical (unpaired) electrons. The van der Waals surface area contributed by atoms with Crippen LogP contribution in [0.1, 0.15) is 17.2 Å². The maximum atomic E-state index is 11.4. The maximum Gasteiger partial charge on any atom is 0.279 e. The van der Waals surface area contributed by atoms with Crippen LogP contribution in [0.5, 0.6) is 11.5 Å².